The number of hydrogen-bond acceptors (Lipinski definition) is 3. The van der Waals surface area contributed by atoms with Gasteiger partial charge in [-0.05, 0) is 31.0 Å². The highest BCUT2D eigenvalue weighted by Crippen LogP contribution is 2.39. The SMILES string of the molecule is Cc1cc(NC(=O)c2cccc(C3CC3N)c2)n(C)n1.Cl.Cl. The highest BCUT2D eigenvalue weighted by atomic mass is 35.5. The molecule has 1 amide bonds. The van der Waals surface area contributed by atoms with Gasteiger partial charge in [-0.3, -0.25) is 9.48 Å². The van der Waals surface area contributed by atoms with Gasteiger partial charge < -0.3 is 11.1 Å². The molecule has 0 spiro atoms. The molecule has 5 nitrogen and oxygen atoms in total. The first-order chi connectivity index (χ1) is 9.54. The maximum Gasteiger partial charge on any atom is 0.256 e. The van der Waals surface area contributed by atoms with Crippen molar-refractivity contribution in [3.63, 3.8) is 0 Å². The third kappa shape index (κ3) is 3.80. The van der Waals surface area contributed by atoms with Gasteiger partial charge in [0.2, 0.25) is 0 Å². The minimum Gasteiger partial charge on any atom is -0.327 e. The van der Waals surface area contributed by atoms with Gasteiger partial charge in [0.05, 0.1) is 5.69 Å². The number of carbonyl (C=O) groups is 1. The van der Waals surface area contributed by atoms with Crippen molar-refractivity contribution in [1.29, 1.82) is 0 Å². The van der Waals surface area contributed by atoms with Crippen LogP contribution in [0.4, 0.5) is 5.82 Å². The number of nitrogens with two attached hydrogens (primary N) is 1. The van der Waals surface area contributed by atoms with Crippen molar-refractivity contribution in [2.45, 2.75) is 25.3 Å². The lowest BCUT2D eigenvalue weighted by Gasteiger charge is -2.07. The van der Waals surface area contributed by atoms with Crippen molar-refractivity contribution in [3.05, 3.63) is 47.2 Å². The van der Waals surface area contributed by atoms with E-state index in [1.807, 2.05) is 44.3 Å². The summed E-state index contributed by atoms with van der Waals surface area (Å²) in [4.78, 5) is 12.3. The van der Waals surface area contributed by atoms with Crippen LogP contribution in [0.1, 0.15) is 34.0 Å². The molecule has 22 heavy (non-hydrogen) atoms. The van der Waals surface area contributed by atoms with Crippen LogP contribution in [0.3, 0.4) is 0 Å². The average molecular weight is 343 g/mol. The van der Waals surface area contributed by atoms with E-state index in [1.54, 1.807) is 4.68 Å². The molecule has 1 heterocycles. The summed E-state index contributed by atoms with van der Waals surface area (Å²) in [5.41, 5.74) is 8.53. The fourth-order valence-electron chi connectivity index (χ4n) is 2.42. The number of benzene rings is 1. The molecular weight excluding hydrogens is 323 g/mol. The molecule has 3 rings (SSSR count). The molecule has 2 atom stereocenters. The standard InChI is InChI=1S/C15H18N4O.2ClH/c1-9-6-14(19(2)18-9)17-15(20)11-5-3-4-10(7-11)12-8-13(12)16;;/h3-7,12-13H,8,16H2,1-2H3,(H,17,20);2*1H. The van der Waals surface area contributed by atoms with E-state index in [2.05, 4.69) is 10.4 Å². The molecule has 2 aromatic rings. The van der Waals surface area contributed by atoms with Crippen LogP contribution in [-0.4, -0.2) is 21.7 Å². The number of amides is 1. The highest BCUT2D eigenvalue weighted by Gasteiger charge is 2.34. The number of hydrogen-bond donors (Lipinski definition) is 2. The summed E-state index contributed by atoms with van der Waals surface area (Å²) in [6.07, 6.45) is 1.01. The van der Waals surface area contributed by atoms with Crippen molar-refractivity contribution in [2.75, 3.05) is 5.32 Å². The molecule has 120 valence electrons. The molecule has 0 bridgehead atoms. The maximum absolute atomic E-state index is 12.3. The summed E-state index contributed by atoms with van der Waals surface area (Å²) < 4.78 is 1.66. The van der Waals surface area contributed by atoms with Gasteiger partial charge in [0.25, 0.3) is 5.91 Å². The predicted molar refractivity (Wildman–Crippen MR) is 92.2 cm³/mol. The largest absolute Gasteiger partial charge is 0.327 e. The van der Waals surface area contributed by atoms with E-state index in [9.17, 15) is 4.79 Å². The van der Waals surface area contributed by atoms with Crippen molar-refractivity contribution >= 4 is 36.5 Å². The molecule has 1 aromatic carbocycles. The number of aryl methyl sites for hydroxylation is 2. The first-order valence-electron chi connectivity index (χ1n) is 6.72. The summed E-state index contributed by atoms with van der Waals surface area (Å²) in [6, 6.07) is 9.77. The van der Waals surface area contributed by atoms with Crippen LogP contribution in [0.15, 0.2) is 30.3 Å². The van der Waals surface area contributed by atoms with Gasteiger partial charge in [-0.2, -0.15) is 5.10 Å². The number of aromatic nitrogens is 2. The summed E-state index contributed by atoms with van der Waals surface area (Å²) in [7, 11) is 1.81. The molecule has 0 aliphatic heterocycles. The smallest absolute Gasteiger partial charge is 0.256 e. The van der Waals surface area contributed by atoms with Gasteiger partial charge in [-0.25, -0.2) is 0 Å². The lowest BCUT2D eigenvalue weighted by Crippen LogP contribution is -2.14. The molecule has 1 saturated carbocycles. The van der Waals surface area contributed by atoms with E-state index in [-0.39, 0.29) is 36.8 Å². The van der Waals surface area contributed by atoms with E-state index < -0.39 is 0 Å². The third-order valence-corrected chi connectivity index (χ3v) is 3.66. The molecule has 1 aliphatic carbocycles. The fourth-order valence-corrected chi connectivity index (χ4v) is 2.42. The Morgan fingerprint density at radius 1 is 1.36 bits per heavy atom. The zero-order valence-corrected chi connectivity index (χ0v) is 14.1. The monoisotopic (exact) mass is 342 g/mol. The molecule has 7 heteroatoms. The Kier molecular flexibility index (Phi) is 6.00. The van der Waals surface area contributed by atoms with Crippen LogP contribution in [-0.2, 0) is 7.05 Å². The first-order valence-corrected chi connectivity index (χ1v) is 6.72. The zero-order chi connectivity index (χ0) is 14.3. The van der Waals surface area contributed by atoms with Crippen LogP contribution < -0.4 is 11.1 Å². The Morgan fingerprint density at radius 3 is 2.59 bits per heavy atom. The van der Waals surface area contributed by atoms with Gasteiger partial charge in [0, 0.05) is 30.6 Å². The van der Waals surface area contributed by atoms with Crippen molar-refractivity contribution < 1.29 is 4.79 Å². The highest BCUT2D eigenvalue weighted by molar-refractivity contribution is 6.04. The summed E-state index contributed by atoms with van der Waals surface area (Å²) in [5.74, 6) is 0.979. The molecule has 1 aliphatic rings. The topological polar surface area (TPSA) is 72.9 Å². The predicted octanol–water partition coefficient (Wildman–Crippen LogP) is 2.64. The van der Waals surface area contributed by atoms with Crippen LogP contribution in [0.5, 0.6) is 0 Å². The fraction of sp³-hybridized carbons (Fsp3) is 0.333. The van der Waals surface area contributed by atoms with Gasteiger partial charge in [-0.1, -0.05) is 12.1 Å². The van der Waals surface area contributed by atoms with Gasteiger partial charge in [-0.15, -0.1) is 24.8 Å². The lowest BCUT2D eigenvalue weighted by molar-refractivity contribution is 0.102. The molecule has 3 N–H and O–H groups in total. The second-order valence-electron chi connectivity index (χ2n) is 5.38. The Balaban J connectivity index is 0.00000121. The molecule has 0 radical (unpaired) electrons. The number of halogens is 2. The summed E-state index contributed by atoms with van der Waals surface area (Å²) >= 11 is 0. The molecule has 1 aromatic heterocycles. The van der Waals surface area contributed by atoms with E-state index >= 15 is 0 Å². The van der Waals surface area contributed by atoms with Gasteiger partial charge >= 0.3 is 0 Å². The number of nitrogens with one attached hydrogen (secondary N) is 1. The maximum atomic E-state index is 12.3. The minimum atomic E-state index is -0.121. The number of carbonyl (C=O) groups excluding carboxylic acids is 1. The average Bonchev–Trinajstić information content (AvgIpc) is 3.06. The van der Waals surface area contributed by atoms with Crippen LogP contribution in [0.2, 0.25) is 0 Å². The lowest BCUT2D eigenvalue weighted by atomic mass is 10.1. The Bertz CT molecular complexity index is 671. The molecular formula is C15H20Cl2N4O. The molecule has 0 saturated heterocycles. The Hall–Kier alpha value is -1.56. The molecule has 2 unspecified atom stereocenters. The normalized spacial score (nSPS) is 18.9. The van der Waals surface area contributed by atoms with E-state index in [4.69, 9.17) is 5.73 Å². The molecule has 1 fully saturated rings. The third-order valence-electron chi connectivity index (χ3n) is 3.66. The Labute approximate surface area is 142 Å². The zero-order valence-electron chi connectivity index (χ0n) is 12.4. The Morgan fingerprint density at radius 2 is 2.05 bits per heavy atom. The van der Waals surface area contributed by atoms with Crippen LogP contribution >= 0.6 is 24.8 Å². The second kappa shape index (κ2) is 7.13. The van der Waals surface area contributed by atoms with Crippen molar-refractivity contribution in [2.24, 2.45) is 12.8 Å². The van der Waals surface area contributed by atoms with E-state index in [0.29, 0.717) is 17.3 Å². The second-order valence-corrected chi connectivity index (χ2v) is 5.38. The van der Waals surface area contributed by atoms with Gasteiger partial charge in [0.15, 0.2) is 0 Å². The van der Waals surface area contributed by atoms with Gasteiger partial charge in [0.1, 0.15) is 5.82 Å². The van der Waals surface area contributed by atoms with Crippen LogP contribution in [0.25, 0.3) is 0 Å². The quantitative estimate of drug-likeness (QED) is 0.900. The van der Waals surface area contributed by atoms with Crippen molar-refractivity contribution in [3.8, 4) is 0 Å². The van der Waals surface area contributed by atoms with E-state index in [0.717, 1.165) is 17.7 Å². The van der Waals surface area contributed by atoms with Crippen molar-refractivity contribution in [1.82, 2.24) is 9.78 Å². The number of nitrogens with zero attached hydrogens (tertiary/aromatic N) is 2. The number of anilines is 1. The summed E-state index contributed by atoms with van der Waals surface area (Å²) in [6.45, 7) is 1.89. The van der Waals surface area contributed by atoms with E-state index in [1.165, 1.54) is 0 Å². The van der Waals surface area contributed by atoms with Crippen LogP contribution in [0, 0.1) is 6.92 Å². The summed E-state index contributed by atoms with van der Waals surface area (Å²) in [5, 5.41) is 7.08. The first kappa shape index (κ1) is 18.5. The minimum absolute atomic E-state index is 0. The number of rotatable bonds is 3.